The van der Waals surface area contributed by atoms with E-state index in [0.717, 1.165) is 12.8 Å². The Bertz CT molecular complexity index is 765. The molecule has 0 aliphatic heterocycles. The molecule has 1 aromatic heterocycles. The highest BCUT2D eigenvalue weighted by molar-refractivity contribution is 5.66. The Kier molecular flexibility index (Phi) is 4.66. The molecule has 0 aromatic carbocycles. The number of hydrogen-bond acceptors (Lipinski definition) is 5. The molecule has 4 rings (SSSR count). The SMILES string of the molecule is C[C@@H]1[C@H]2C[C@@H](C[C@H]1Nc1cnn(CC(=O)O)c(=O)c1OC(F)F)C2(C)C. The number of carboxylic acids is 1. The van der Waals surface area contributed by atoms with Gasteiger partial charge in [0.1, 0.15) is 12.2 Å². The Labute approximate surface area is 149 Å². The highest BCUT2D eigenvalue weighted by Crippen LogP contribution is 2.61. The third kappa shape index (κ3) is 3.14. The zero-order valence-electron chi connectivity index (χ0n) is 14.9. The predicted octanol–water partition coefficient (Wildman–Crippen LogP) is 2.41. The van der Waals surface area contributed by atoms with Crippen molar-refractivity contribution in [2.75, 3.05) is 5.32 Å². The maximum atomic E-state index is 12.8. The van der Waals surface area contributed by atoms with Gasteiger partial charge in [0, 0.05) is 6.04 Å². The van der Waals surface area contributed by atoms with Crippen LogP contribution >= 0.6 is 0 Å². The number of carbonyl (C=O) groups is 1. The molecular formula is C17H23F2N3O4. The summed E-state index contributed by atoms with van der Waals surface area (Å²) in [6.07, 6.45) is 3.21. The molecule has 3 saturated carbocycles. The molecule has 0 spiro atoms. The summed E-state index contributed by atoms with van der Waals surface area (Å²) < 4.78 is 30.5. The summed E-state index contributed by atoms with van der Waals surface area (Å²) in [5.74, 6) is -0.524. The van der Waals surface area contributed by atoms with E-state index in [1.54, 1.807) is 0 Å². The van der Waals surface area contributed by atoms with Gasteiger partial charge in [-0.25, -0.2) is 4.68 Å². The largest absolute Gasteiger partial charge is 0.480 e. The predicted molar refractivity (Wildman–Crippen MR) is 89.3 cm³/mol. The smallest absolute Gasteiger partial charge is 0.387 e. The lowest BCUT2D eigenvalue weighted by molar-refractivity contribution is -0.138. The number of halogens is 2. The number of nitrogens with zero attached hydrogens (tertiary/aromatic N) is 2. The number of aliphatic carboxylic acids is 1. The average Bonchev–Trinajstić information content (AvgIpc) is 2.53. The van der Waals surface area contributed by atoms with Gasteiger partial charge in [-0.1, -0.05) is 20.8 Å². The van der Waals surface area contributed by atoms with Crippen LogP contribution in [0.3, 0.4) is 0 Å². The summed E-state index contributed by atoms with van der Waals surface area (Å²) in [5, 5.41) is 15.7. The maximum absolute atomic E-state index is 12.8. The Morgan fingerprint density at radius 2 is 2.19 bits per heavy atom. The van der Waals surface area contributed by atoms with Crippen molar-refractivity contribution in [3.63, 3.8) is 0 Å². The summed E-state index contributed by atoms with van der Waals surface area (Å²) in [4.78, 5) is 23.1. The minimum Gasteiger partial charge on any atom is -0.480 e. The van der Waals surface area contributed by atoms with Gasteiger partial charge in [-0.2, -0.15) is 13.9 Å². The van der Waals surface area contributed by atoms with E-state index in [-0.39, 0.29) is 17.1 Å². The van der Waals surface area contributed by atoms with Crippen LogP contribution in [0, 0.1) is 23.2 Å². The van der Waals surface area contributed by atoms with Gasteiger partial charge in [-0.15, -0.1) is 0 Å². The standard InChI is InChI=1S/C17H23F2N3O4/c1-8-10-4-9(17(10,2)3)5-11(8)21-12-6-20-22(7-13(23)24)15(25)14(12)26-16(18)19/h6,8-11,16,21H,4-5,7H2,1-3H3,(H,23,24)/t8-,9+,10-,11-/m1/s1. The third-order valence-electron chi connectivity index (χ3n) is 6.19. The normalized spacial score (nSPS) is 29.2. The number of ether oxygens (including phenoxy) is 1. The van der Waals surface area contributed by atoms with E-state index in [9.17, 15) is 18.4 Å². The summed E-state index contributed by atoms with van der Waals surface area (Å²) >= 11 is 0. The zero-order valence-corrected chi connectivity index (χ0v) is 14.9. The first-order valence-electron chi connectivity index (χ1n) is 8.64. The molecule has 0 radical (unpaired) electrons. The highest BCUT2D eigenvalue weighted by Gasteiger charge is 2.56. The third-order valence-corrected chi connectivity index (χ3v) is 6.19. The highest BCUT2D eigenvalue weighted by atomic mass is 19.3. The van der Waals surface area contributed by atoms with Crippen molar-refractivity contribution in [1.29, 1.82) is 0 Å². The van der Waals surface area contributed by atoms with Gasteiger partial charge >= 0.3 is 18.1 Å². The monoisotopic (exact) mass is 371 g/mol. The van der Waals surface area contributed by atoms with Crippen LogP contribution in [0.2, 0.25) is 0 Å². The number of hydrogen-bond donors (Lipinski definition) is 2. The van der Waals surface area contributed by atoms with Crippen LogP contribution in [0.15, 0.2) is 11.0 Å². The van der Waals surface area contributed by atoms with Crippen LogP contribution < -0.4 is 15.6 Å². The van der Waals surface area contributed by atoms with Gasteiger partial charge < -0.3 is 15.2 Å². The number of carboxylic acid groups (broad SMARTS) is 1. The minimum absolute atomic E-state index is 0.0170. The molecule has 1 heterocycles. The number of fused-ring (bicyclic) bond motifs is 2. The molecule has 3 aliphatic rings. The van der Waals surface area contributed by atoms with Gasteiger partial charge in [0.05, 0.1) is 6.20 Å². The van der Waals surface area contributed by atoms with Crippen molar-refractivity contribution in [3.05, 3.63) is 16.6 Å². The molecule has 144 valence electrons. The molecule has 0 saturated heterocycles. The summed E-state index contributed by atoms with van der Waals surface area (Å²) in [5.41, 5.74) is -0.650. The summed E-state index contributed by atoms with van der Waals surface area (Å²) in [6.45, 7) is 2.69. The Balaban J connectivity index is 1.86. The number of alkyl halides is 2. The average molecular weight is 371 g/mol. The van der Waals surface area contributed by atoms with E-state index in [4.69, 9.17) is 5.11 Å². The Morgan fingerprint density at radius 3 is 2.73 bits per heavy atom. The van der Waals surface area contributed by atoms with E-state index in [0.29, 0.717) is 22.4 Å². The van der Waals surface area contributed by atoms with E-state index in [2.05, 4.69) is 35.9 Å². The zero-order chi connectivity index (χ0) is 19.2. The fourth-order valence-electron chi connectivity index (χ4n) is 4.56. The molecule has 3 aliphatic carbocycles. The second kappa shape index (κ2) is 6.51. The van der Waals surface area contributed by atoms with Crippen LogP contribution in [0.1, 0.15) is 33.6 Å². The van der Waals surface area contributed by atoms with Crippen molar-refractivity contribution in [3.8, 4) is 5.75 Å². The quantitative estimate of drug-likeness (QED) is 0.798. The van der Waals surface area contributed by atoms with Gasteiger partial charge in [0.25, 0.3) is 0 Å². The lowest BCUT2D eigenvalue weighted by atomic mass is 9.45. The molecule has 4 atom stereocenters. The lowest BCUT2D eigenvalue weighted by Crippen LogP contribution is -2.58. The molecule has 26 heavy (non-hydrogen) atoms. The molecule has 9 heteroatoms. The van der Waals surface area contributed by atoms with E-state index in [1.165, 1.54) is 6.20 Å². The van der Waals surface area contributed by atoms with Crippen LogP contribution in [-0.4, -0.2) is 33.5 Å². The van der Waals surface area contributed by atoms with Gasteiger partial charge in [0.2, 0.25) is 5.75 Å². The van der Waals surface area contributed by atoms with E-state index < -0.39 is 30.4 Å². The second-order valence-corrected chi connectivity index (χ2v) is 7.83. The molecule has 2 bridgehead atoms. The van der Waals surface area contributed by atoms with Crippen molar-refractivity contribution in [2.45, 2.75) is 52.8 Å². The van der Waals surface area contributed by atoms with Crippen LogP contribution in [0.5, 0.6) is 5.75 Å². The van der Waals surface area contributed by atoms with Crippen LogP contribution in [-0.2, 0) is 11.3 Å². The summed E-state index contributed by atoms with van der Waals surface area (Å²) in [7, 11) is 0. The van der Waals surface area contributed by atoms with Crippen molar-refractivity contribution >= 4 is 11.7 Å². The summed E-state index contributed by atoms with van der Waals surface area (Å²) in [6, 6.07) is 0.0170. The van der Waals surface area contributed by atoms with Crippen molar-refractivity contribution in [2.24, 2.45) is 23.2 Å². The van der Waals surface area contributed by atoms with Crippen molar-refractivity contribution in [1.82, 2.24) is 9.78 Å². The first kappa shape index (κ1) is 18.6. The van der Waals surface area contributed by atoms with E-state index in [1.807, 2.05) is 0 Å². The molecule has 2 N–H and O–H groups in total. The molecule has 0 unspecified atom stereocenters. The topological polar surface area (TPSA) is 93.5 Å². The van der Waals surface area contributed by atoms with Gasteiger partial charge in [-0.3, -0.25) is 9.59 Å². The van der Waals surface area contributed by atoms with Crippen molar-refractivity contribution < 1.29 is 23.4 Å². The van der Waals surface area contributed by atoms with Crippen LogP contribution in [0.4, 0.5) is 14.5 Å². The molecule has 1 aromatic rings. The number of nitrogens with one attached hydrogen (secondary N) is 1. The number of rotatable bonds is 6. The van der Waals surface area contributed by atoms with E-state index >= 15 is 0 Å². The Morgan fingerprint density at radius 1 is 1.50 bits per heavy atom. The first-order valence-corrected chi connectivity index (χ1v) is 8.64. The molecular weight excluding hydrogens is 348 g/mol. The fraction of sp³-hybridized carbons (Fsp3) is 0.706. The maximum Gasteiger partial charge on any atom is 0.387 e. The molecule has 0 amide bonds. The van der Waals surface area contributed by atoms with Gasteiger partial charge in [0.15, 0.2) is 0 Å². The number of anilines is 1. The minimum atomic E-state index is -3.19. The molecule has 7 nitrogen and oxygen atoms in total. The van der Waals surface area contributed by atoms with Crippen LogP contribution in [0.25, 0.3) is 0 Å². The lowest BCUT2D eigenvalue weighted by Gasteiger charge is -2.62. The number of aromatic nitrogens is 2. The fourth-order valence-corrected chi connectivity index (χ4v) is 4.56. The van der Waals surface area contributed by atoms with Gasteiger partial charge in [-0.05, 0) is 36.0 Å². The first-order chi connectivity index (χ1) is 12.1. The molecule has 3 fully saturated rings. The Hall–Kier alpha value is -2.19. The second-order valence-electron chi connectivity index (χ2n) is 7.83.